The van der Waals surface area contributed by atoms with Gasteiger partial charge in [0.25, 0.3) is 26.0 Å². The van der Waals surface area contributed by atoms with Crippen molar-refractivity contribution >= 4 is 43.0 Å². The van der Waals surface area contributed by atoms with Gasteiger partial charge in [0.2, 0.25) is 0 Å². The summed E-state index contributed by atoms with van der Waals surface area (Å²) in [5.74, 6) is 0.306. The van der Waals surface area contributed by atoms with Crippen LogP contribution in [-0.4, -0.2) is 37.0 Å². The normalized spacial score (nSPS) is 11.4. The lowest BCUT2D eigenvalue weighted by molar-refractivity contribution is 0.102. The molecule has 0 spiro atoms. The number of carbonyl (C=O) groups excluding carboxylic acids is 1. The van der Waals surface area contributed by atoms with E-state index < -0.39 is 26.0 Å². The smallest absolute Gasteiger partial charge is 0.264 e. The second kappa shape index (κ2) is 14.0. The molecule has 0 saturated carbocycles. The lowest BCUT2D eigenvalue weighted by atomic mass is 10.2. The van der Waals surface area contributed by atoms with Crippen LogP contribution in [-0.2, 0) is 26.6 Å². The maximum atomic E-state index is 14.1. The summed E-state index contributed by atoms with van der Waals surface area (Å²) in [7, 11) is -5.25. The highest BCUT2D eigenvalue weighted by Crippen LogP contribution is 2.30. The van der Waals surface area contributed by atoms with Gasteiger partial charge < -0.3 is 14.8 Å². The van der Waals surface area contributed by atoms with Gasteiger partial charge in [0, 0.05) is 11.3 Å². The molecule has 0 aromatic heterocycles. The van der Waals surface area contributed by atoms with Crippen molar-refractivity contribution in [1.29, 1.82) is 0 Å². The second-order valence-electron chi connectivity index (χ2n) is 10.5. The maximum absolute atomic E-state index is 14.1. The lowest BCUT2D eigenvalue weighted by Gasteiger charge is -2.25. The van der Waals surface area contributed by atoms with E-state index in [0.29, 0.717) is 22.7 Å². The van der Waals surface area contributed by atoms with Crippen molar-refractivity contribution in [3.8, 4) is 11.5 Å². The number of ether oxygens (including phenoxy) is 2. The Morgan fingerprint density at radius 3 is 2.15 bits per heavy atom. The summed E-state index contributed by atoms with van der Waals surface area (Å²) >= 11 is 0. The first-order valence-corrected chi connectivity index (χ1v) is 17.3. The minimum atomic E-state index is -4.15. The molecule has 0 radical (unpaired) electrons. The van der Waals surface area contributed by atoms with Crippen LogP contribution in [0.5, 0.6) is 11.5 Å². The number of carbonyl (C=O) groups is 1. The third-order valence-electron chi connectivity index (χ3n) is 7.30. The number of rotatable bonds is 12. The number of methoxy groups -OCH3 is 2. The third kappa shape index (κ3) is 7.56. The van der Waals surface area contributed by atoms with Crippen LogP contribution in [0.4, 0.5) is 17.1 Å². The van der Waals surface area contributed by atoms with Crippen molar-refractivity contribution < 1.29 is 31.1 Å². The molecule has 5 aromatic carbocycles. The number of hydrogen-bond donors (Lipinski definition) is 2. The summed E-state index contributed by atoms with van der Waals surface area (Å²) in [6.07, 6.45) is 0. The van der Waals surface area contributed by atoms with Gasteiger partial charge in [0.1, 0.15) is 11.5 Å². The zero-order valence-electron chi connectivity index (χ0n) is 25.9. The number of aryl methyl sites for hydroxylation is 1. The summed E-state index contributed by atoms with van der Waals surface area (Å²) in [6.45, 7) is 1.69. The molecule has 0 unspecified atom stereocenters. The molecule has 0 aliphatic heterocycles. The lowest BCUT2D eigenvalue weighted by Crippen LogP contribution is -2.30. The topological polar surface area (TPSA) is 131 Å². The molecule has 5 aromatic rings. The van der Waals surface area contributed by atoms with Crippen LogP contribution in [0, 0.1) is 6.92 Å². The van der Waals surface area contributed by atoms with E-state index in [1.54, 1.807) is 67.6 Å². The van der Waals surface area contributed by atoms with Crippen molar-refractivity contribution in [2.24, 2.45) is 0 Å². The average Bonchev–Trinajstić information content (AvgIpc) is 3.08. The Hall–Kier alpha value is -5.33. The van der Waals surface area contributed by atoms with E-state index in [1.165, 1.54) is 48.9 Å². The zero-order chi connectivity index (χ0) is 33.6. The molecule has 0 bridgehead atoms. The summed E-state index contributed by atoms with van der Waals surface area (Å²) < 4.78 is 69.2. The average molecular weight is 672 g/mol. The van der Waals surface area contributed by atoms with Crippen molar-refractivity contribution in [2.75, 3.05) is 28.6 Å². The van der Waals surface area contributed by atoms with Gasteiger partial charge in [-0.15, -0.1) is 0 Å². The summed E-state index contributed by atoms with van der Waals surface area (Å²) in [5.41, 5.74) is 2.18. The number of benzene rings is 5. The molecule has 2 N–H and O–H groups in total. The van der Waals surface area contributed by atoms with Crippen LogP contribution < -0.4 is 23.8 Å². The van der Waals surface area contributed by atoms with Crippen LogP contribution in [0.25, 0.3) is 0 Å². The second-order valence-corrected chi connectivity index (χ2v) is 14.0. The van der Waals surface area contributed by atoms with Crippen LogP contribution in [0.3, 0.4) is 0 Å². The summed E-state index contributed by atoms with van der Waals surface area (Å²) in [6, 6.07) is 32.6. The van der Waals surface area contributed by atoms with E-state index in [2.05, 4.69) is 10.0 Å². The molecule has 242 valence electrons. The number of amides is 1. The fraction of sp³-hybridized carbons (Fsp3) is 0.114. The molecule has 0 aliphatic carbocycles. The molecule has 0 fully saturated rings. The Kier molecular flexibility index (Phi) is 9.83. The Bertz CT molecular complexity index is 2100. The van der Waals surface area contributed by atoms with Gasteiger partial charge in [0.05, 0.1) is 41.9 Å². The van der Waals surface area contributed by atoms with Crippen molar-refractivity contribution in [3.05, 3.63) is 138 Å². The first-order chi connectivity index (χ1) is 22.5. The number of hydrogen-bond acceptors (Lipinski definition) is 7. The van der Waals surface area contributed by atoms with Crippen LogP contribution >= 0.6 is 0 Å². The highest BCUT2D eigenvalue weighted by Gasteiger charge is 2.27. The number of anilines is 3. The molecule has 12 heteroatoms. The van der Waals surface area contributed by atoms with Gasteiger partial charge in [-0.2, -0.15) is 0 Å². The molecule has 0 saturated heterocycles. The molecule has 0 aliphatic rings. The number of nitrogens with zero attached hydrogens (tertiary/aromatic N) is 1. The standard InChI is InChI=1S/C35H33N3O7S2/c1-25-16-17-28(23-34(25)46(40,41)37-32-14-7-8-15-33(32)45-3)36-35(39)27-12-9-13-31(22-27)47(42,43)38(24-26-10-5-4-6-11-26)29-18-20-30(44-2)21-19-29/h4-23,37H,24H2,1-3H3,(H,36,39). The van der Waals surface area contributed by atoms with Gasteiger partial charge in [0.15, 0.2) is 0 Å². The van der Waals surface area contributed by atoms with Crippen LogP contribution in [0.2, 0.25) is 0 Å². The molecule has 47 heavy (non-hydrogen) atoms. The van der Waals surface area contributed by atoms with Crippen LogP contribution in [0.15, 0.2) is 131 Å². The molecule has 5 rings (SSSR count). The fourth-order valence-electron chi connectivity index (χ4n) is 4.84. The van der Waals surface area contributed by atoms with E-state index in [4.69, 9.17) is 9.47 Å². The Morgan fingerprint density at radius 2 is 1.45 bits per heavy atom. The van der Waals surface area contributed by atoms with Crippen molar-refractivity contribution in [2.45, 2.75) is 23.3 Å². The monoisotopic (exact) mass is 671 g/mol. The number of nitrogens with one attached hydrogen (secondary N) is 2. The van der Waals surface area contributed by atoms with Gasteiger partial charge in [-0.05, 0) is 84.8 Å². The van der Waals surface area contributed by atoms with E-state index in [-0.39, 0.29) is 33.3 Å². The van der Waals surface area contributed by atoms with E-state index >= 15 is 0 Å². The molecular weight excluding hydrogens is 639 g/mol. The molecular formula is C35H33N3O7S2. The summed E-state index contributed by atoms with van der Waals surface area (Å²) in [4.78, 5) is 13.3. The summed E-state index contributed by atoms with van der Waals surface area (Å²) in [5, 5.41) is 2.70. The highest BCUT2D eigenvalue weighted by atomic mass is 32.2. The van der Waals surface area contributed by atoms with Crippen molar-refractivity contribution in [1.82, 2.24) is 0 Å². The van der Waals surface area contributed by atoms with E-state index in [9.17, 15) is 21.6 Å². The minimum absolute atomic E-state index is 0.0476. The van der Waals surface area contributed by atoms with Crippen molar-refractivity contribution in [3.63, 3.8) is 0 Å². The third-order valence-corrected chi connectivity index (χ3v) is 10.6. The van der Waals surface area contributed by atoms with Gasteiger partial charge in [-0.3, -0.25) is 13.8 Å². The first kappa shape index (κ1) is 33.0. The van der Waals surface area contributed by atoms with Gasteiger partial charge in [-0.1, -0.05) is 54.6 Å². The number of para-hydroxylation sites is 2. The van der Waals surface area contributed by atoms with Crippen LogP contribution in [0.1, 0.15) is 21.5 Å². The van der Waals surface area contributed by atoms with Gasteiger partial charge >= 0.3 is 0 Å². The fourth-order valence-corrected chi connectivity index (χ4v) is 7.68. The SMILES string of the molecule is COc1ccc(N(Cc2ccccc2)S(=O)(=O)c2cccc(C(=O)Nc3ccc(C)c(S(=O)(=O)Nc4ccccc4OC)c3)c2)cc1. The predicted octanol–water partition coefficient (Wildman–Crippen LogP) is 6.46. The molecule has 0 atom stereocenters. The molecule has 10 nitrogen and oxygen atoms in total. The van der Waals surface area contributed by atoms with E-state index in [1.807, 2.05) is 30.3 Å². The predicted molar refractivity (Wildman–Crippen MR) is 182 cm³/mol. The molecule has 1 amide bonds. The Morgan fingerprint density at radius 1 is 0.745 bits per heavy atom. The quantitative estimate of drug-likeness (QED) is 0.156. The molecule has 0 heterocycles. The Labute approximate surface area is 274 Å². The minimum Gasteiger partial charge on any atom is -0.497 e. The zero-order valence-corrected chi connectivity index (χ0v) is 27.5. The largest absolute Gasteiger partial charge is 0.497 e. The van der Waals surface area contributed by atoms with E-state index in [0.717, 1.165) is 5.56 Å². The number of sulfonamides is 2. The van der Waals surface area contributed by atoms with Gasteiger partial charge in [-0.25, -0.2) is 16.8 Å². The first-order valence-electron chi connectivity index (χ1n) is 14.4. The maximum Gasteiger partial charge on any atom is 0.264 e. The Balaban J connectivity index is 1.42. The highest BCUT2D eigenvalue weighted by molar-refractivity contribution is 7.93.